The monoisotopic (exact) mass is 244 g/mol. The van der Waals surface area contributed by atoms with E-state index in [2.05, 4.69) is 5.32 Å². The van der Waals surface area contributed by atoms with Crippen LogP contribution in [0.2, 0.25) is 0 Å². The number of carbonyl (C=O) groups excluding carboxylic acids is 1. The van der Waals surface area contributed by atoms with Crippen LogP contribution < -0.4 is 11.2 Å². The van der Waals surface area contributed by atoms with Crippen LogP contribution in [-0.4, -0.2) is 24.8 Å². The van der Waals surface area contributed by atoms with E-state index in [9.17, 15) is 4.79 Å². The Labute approximate surface area is 103 Å². The molecule has 0 aliphatic heterocycles. The molecule has 0 aromatic rings. The van der Waals surface area contributed by atoms with Gasteiger partial charge in [0.2, 0.25) is 0 Å². The molecule has 5 nitrogen and oxygen atoms in total. The molecule has 1 aliphatic rings. The Bertz CT molecular complexity index is 247. The number of nitrogens with two attached hydrogens (primary N) is 1. The summed E-state index contributed by atoms with van der Waals surface area (Å²) in [5.41, 5.74) is -0.458. The van der Waals surface area contributed by atoms with Gasteiger partial charge in [-0.25, -0.2) is 10.7 Å². The van der Waals surface area contributed by atoms with Crippen molar-refractivity contribution in [1.29, 1.82) is 0 Å². The Hall–Kier alpha value is -0.810. The van der Waals surface area contributed by atoms with E-state index in [0.29, 0.717) is 25.0 Å². The first-order valence-corrected chi connectivity index (χ1v) is 6.21. The van der Waals surface area contributed by atoms with Crippen LogP contribution in [-0.2, 0) is 9.57 Å². The van der Waals surface area contributed by atoms with Gasteiger partial charge in [0.25, 0.3) is 0 Å². The van der Waals surface area contributed by atoms with Crippen LogP contribution in [0, 0.1) is 11.8 Å². The fourth-order valence-electron chi connectivity index (χ4n) is 1.93. The SMILES string of the molecule is CC(C)(C)OC(=O)NCC(CON)C1CCC1. The van der Waals surface area contributed by atoms with Gasteiger partial charge in [0.05, 0.1) is 6.61 Å². The Morgan fingerprint density at radius 2 is 2.12 bits per heavy atom. The Morgan fingerprint density at radius 1 is 1.47 bits per heavy atom. The molecule has 3 N–H and O–H groups in total. The second kappa shape index (κ2) is 6.21. The number of nitrogens with one attached hydrogen (secondary N) is 1. The maximum absolute atomic E-state index is 11.5. The van der Waals surface area contributed by atoms with Crippen molar-refractivity contribution in [3.05, 3.63) is 0 Å². The second-order valence-electron chi connectivity index (χ2n) is 5.67. The largest absolute Gasteiger partial charge is 0.444 e. The van der Waals surface area contributed by atoms with E-state index in [1.54, 1.807) is 0 Å². The lowest BCUT2D eigenvalue weighted by atomic mass is 9.76. The number of alkyl carbamates (subject to hydrolysis) is 1. The van der Waals surface area contributed by atoms with Crippen molar-refractivity contribution in [1.82, 2.24) is 5.32 Å². The summed E-state index contributed by atoms with van der Waals surface area (Å²) in [6, 6.07) is 0. The van der Waals surface area contributed by atoms with E-state index in [1.807, 2.05) is 20.8 Å². The number of carbonyl (C=O) groups is 1. The van der Waals surface area contributed by atoms with E-state index in [4.69, 9.17) is 15.5 Å². The zero-order valence-corrected chi connectivity index (χ0v) is 11.0. The Balaban J connectivity index is 2.28. The summed E-state index contributed by atoms with van der Waals surface area (Å²) in [4.78, 5) is 16.2. The molecule has 1 fully saturated rings. The molecule has 0 heterocycles. The number of ether oxygens (including phenoxy) is 1. The summed E-state index contributed by atoms with van der Waals surface area (Å²) in [7, 11) is 0. The smallest absolute Gasteiger partial charge is 0.407 e. The quantitative estimate of drug-likeness (QED) is 0.723. The minimum Gasteiger partial charge on any atom is -0.444 e. The van der Waals surface area contributed by atoms with Gasteiger partial charge in [0, 0.05) is 12.5 Å². The van der Waals surface area contributed by atoms with E-state index in [0.717, 1.165) is 0 Å². The third kappa shape index (κ3) is 5.37. The van der Waals surface area contributed by atoms with Crippen LogP contribution in [0.3, 0.4) is 0 Å². The van der Waals surface area contributed by atoms with Gasteiger partial charge in [-0.05, 0) is 26.7 Å². The van der Waals surface area contributed by atoms with Crippen LogP contribution >= 0.6 is 0 Å². The van der Waals surface area contributed by atoms with E-state index >= 15 is 0 Å². The number of hydrogen-bond donors (Lipinski definition) is 2. The number of hydrogen-bond acceptors (Lipinski definition) is 4. The summed E-state index contributed by atoms with van der Waals surface area (Å²) in [5, 5.41) is 2.78. The van der Waals surface area contributed by atoms with E-state index in [1.165, 1.54) is 19.3 Å². The Kier molecular flexibility index (Phi) is 5.21. The first-order chi connectivity index (χ1) is 7.92. The van der Waals surface area contributed by atoms with Gasteiger partial charge in [-0.1, -0.05) is 19.3 Å². The molecule has 0 saturated heterocycles. The molecule has 1 saturated carbocycles. The van der Waals surface area contributed by atoms with Gasteiger partial charge in [-0.15, -0.1) is 0 Å². The first kappa shape index (κ1) is 14.3. The molecule has 0 aromatic heterocycles. The molecule has 100 valence electrons. The highest BCUT2D eigenvalue weighted by Crippen LogP contribution is 2.33. The highest BCUT2D eigenvalue weighted by Gasteiger charge is 2.28. The molecule has 0 bridgehead atoms. The van der Waals surface area contributed by atoms with Crippen molar-refractivity contribution >= 4 is 6.09 Å². The molecular weight excluding hydrogens is 220 g/mol. The lowest BCUT2D eigenvalue weighted by Crippen LogP contribution is -2.40. The zero-order chi connectivity index (χ0) is 12.9. The average molecular weight is 244 g/mol. The maximum atomic E-state index is 11.5. The number of amides is 1. The Morgan fingerprint density at radius 3 is 2.53 bits per heavy atom. The van der Waals surface area contributed by atoms with Crippen LogP contribution in [0.5, 0.6) is 0 Å². The second-order valence-corrected chi connectivity index (χ2v) is 5.67. The molecule has 1 rings (SSSR count). The summed E-state index contributed by atoms with van der Waals surface area (Å²) in [6.07, 6.45) is 3.28. The molecule has 17 heavy (non-hydrogen) atoms. The molecular formula is C12H24N2O3. The standard InChI is InChI=1S/C12H24N2O3/c1-12(2,3)17-11(15)14-7-10(8-16-13)9-5-4-6-9/h9-10H,4-8,13H2,1-3H3,(H,14,15). The van der Waals surface area contributed by atoms with E-state index < -0.39 is 5.60 Å². The molecule has 5 heteroatoms. The predicted molar refractivity (Wildman–Crippen MR) is 65.2 cm³/mol. The van der Waals surface area contributed by atoms with Gasteiger partial charge >= 0.3 is 6.09 Å². The average Bonchev–Trinajstić information content (AvgIpc) is 2.08. The van der Waals surface area contributed by atoms with Gasteiger partial charge in [0.1, 0.15) is 5.60 Å². The fourth-order valence-corrected chi connectivity index (χ4v) is 1.93. The summed E-state index contributed by atoms with van der Waals surface area (Å²) >= 11 is 0. The van der Waals surface area contributed by atoms with Crippen molar-refractivity contribution in [2.45, 2.75) is 45.6 Å². The topological polar surface area (TPSA) is 73.6 Å². The fraction of sp³-hybridized carbons (Fsp3) is 0.917. The highest BCUT2D eigenvalue weighted by molar-refractivity contribution is 5.67. The first-order valence-electron chi connectivity index (χ1n) is 6.21. The summed E-state index contributed by atoms with van der Waals surface area (Å²) < 4.78 is 5.18. The van der Waals surface area contributed by atoms with Gasteiger partial charge in [-0.2, -0.15) is 0 Å². The molecule has 1 atom stereocenters. The van der Waals surface area contributed by atoms with Crippen molar-refractivity contribution in [2.24, 2.45) is 17.7 Å². The molecule has 0 spiro atoms. The van der Waals surface area contributed by atoms with Gasteiger partial charge in [0.15, 0.2) is 0 Å². The van der Waals surface area contributed by atoms with Crippen molar-refractivity contribution in [2.75, 3.05) is 13.2 Å². The minimum atomic E-state index is -0.458. The molecule has 1 amide bonds. The van der Waals surface area contributed by atoms with Crippen LogP contribution in [0.4, 0.5) is 4.79 Å². The predicted octanol–water partition coefficient (Wildman–Crippen LogP) is 1.82. The minimum absolute atomic E-state index is 0.293. The molecule has 0 radical (unpaired) electrons. The van der Waals surface area contributed by atoms with Crippen molar-refractivity contribution < 1.29 is 14.4 Å². The lowest BCUT2D eigenvalue weighted by Gasteiger charge is -2.33. The number of rotatable bonds is 5. The van der Waals surface area contributed by atoms with Gasteiger partial charge < -0.3 is 14.9 Å². The van der Waals surface area contributed by atoms with E-state index in [-0.39, 0.29) is 6.09 Å². The third-order valence-electron chi connectivity index (χ3n) is 3.03. The van der Waals surface area contributed by atoms with Crippen LogP contribution in [0.15, 0.2) is 0 Å². The normalized spacial score (nSPS) is 18.4. The lowest BCUT2D eigenvalue weighted by molar-refractivity contribution is 0.0388. The summed E-state index contributed by atoms with van der Waals surface area (Å²) in [6.45, 7) is 6.59. The van der Waals surface area contributed by atoms with Crippen molar-refractivity contribution in [3.8, 4) is 0 Å². The van der Waals surface area contributed by atoms with Gasteiger partial charge in [-0.3, -0.25) is 0 Å². The maximum Gasteiger partial charge on any atom is 0.407 e. The summed E-state index contributed by atoms with van der Waals surface area (Å²) in [5.74, 6) is 6.02. The van der Waals surface area contributed by atoms with Crippen LogP contribution in [0.1, 0.15) is 40.0 Å². The highest BCUT2D eigenvalue weighted by atomic mass is 16.6. The molecule has 0 aromatic carbocycles. The zero-order valence-electron chi connectivity index (χ0n) is 11.0. The molecule has 1 aliphatic carbocycles. The third-order valence-corrected chi connectivity index (χ3v) is 3.03. The molecule has 1 unspecified atom stereocenters. The van der Waals surface area contributed by atoms with Crippen molar-refractivity contribution in [3.63, 3.8) is 0 Å². The van der Waals surface area contributed by atoms with Crippen LogP contribution in [0.25, 0.3) is 0 Å².